The third-order valence-corrected chi connectivity index (χ3v) is 6.20. The number of rotatable bonds is 5. The topological polar surface area (TPSA) is 73.0 Å². The minimum absolute atomic E-state index is 0.0945. The molecule has 0 radical (unpaired) electrons. The number of nitrogens with one attached hydrogen (secondary N) is 1. The maximum absolute atomic E-state index is 12.5. The first-order valence-corrected chi connectivity index (χ1v) is 10.8. The number of hydrogen-bond acceptors (Lipinski definition) is 4. The summed E-state index contributed by atoms with van der Waals surface area (Å²) in [7, 11) is 0. The summed E-state index contributed by atoms with van der Waals surface area (Å²) in [5.74, 6) is -0.510. The number of piperazine rings is 1. The molecule has 0 aromatic heterocycles. The Morgan fingerprint density at radius 1 is 0.903 bits per heavy atom. The van der Waals surface area contributed by atoms with Gasteiger partial charge in [-0.15, -0.1) is 0 Å². The minimum Gasteiger partial charge on any atom is -0.368 e. The summed E-state index contributed by atoms with van der Waals surface area (Å²) >= 11 is 0. The zero-order valence-corrected chi connectivity index (χ0v) is 18.1. The van der Waals surface area contributed by atoms with Crippen LogP contribution in [0.15, 0.2) is 42.5 Å². The monoisotopic (exact) mass is 420 g/mol. The van der Waals surface area contributed by atoms with E-state index >= 15 is 0 Å². The number of hydrogen-bond donors (Lipinski definition) is 1. The Labute approximate surface area is 182 Å². The number of imide groups is 1. The second kappa shape index (κ2) is 8.79. The lowest BCUT2D eigenvalue weighted by atomic mass is 10.1. The fourth-order valence-corrected chi connectivity index (χ4v) is 4.22. The van der Waals surface area contributed by atoms with E-state index in [1.165, 1.54) is 21.7 Å². The molecular formula is C24H28N4O3. The summed E-state index contributed by atoms with van der Waals surface area (Å²) in [6, 6.07) is 13.1. The molecule has 0 aliphatic carbocycles. The number of aryl methyl sites for hydroxylation is 1. The Morgan fingerprint density at radius 2 is 1.55 bits per heavy atom. The Bertz CT molecular complexity index is 977. The molecule has 2 heterocycles. The van der Waals surface area contributed by atoms with Gasteiger partial charge in [0.2, 0.25) is 0 Å². The van der Waals surface area contributed by atoms with Crippen LogP contribution in [0.4, 0.5) is 10.5 Å². The van der Waals surface area contributed by atoms with Crippen molar-refractivity contribution in [1.82, 2.24) is 15.1 Å². The molecule has 31 heavy (non-hydrogen) atoms. The van der Waals surface area contributed by atoms with Crippen molar-refractivity contribution in [2.75, 3.05) is 44.2 Å². The van der Waals surface area contributed by atoms with Crippen molar-refractivity contribution in [2.24, 2.45) is 0 Å². The lowest BCUT2D eigenvalue weighted by Gasteiger charge is -2.37. The molecule has 2 aromatic rings. The number of fused-ring (bicyclic) bond motifs is 1. The maximum atomic E-state index is 12.5. The predicted octanol–water partition coefficient (Wildman–Crippen LogP) is 2.82. The summed E-state index contributed by atoms with van der Waals surface area (Å²) in [6.45, 7) is 7.90. The molecule has 0 spiro atoms. The van der Waals surface area contributed by atoms with Crippen LogP contribution in [0.2, 0.25) is 0 Å². The van der Waals surface area contributed by atoms with E-state index < -0.39 is 0 Å². The molecule has 2 aromatic carbocycles. The standard InChI is InChI=1S/C24H28N4O3/c1-17-7-5-10-21(18(17)2)26-13-15-27(16-14-26)24(31)25-11-6-12-28-22(29)19-8-3-4-9-20(19)23(28)30/h3-5,7-10H,6,11-16H2,1-2H3,(H,25,31). The first kappa shape index (κ1) is 20.9. The fourth-order valence-electron chi connectivity index (χ4n) is 4.22. The second-order valence-corrected chi connectivity index (χ2v) is 8.09. The van der Waals surface area contributed by atoms with E-state index in [2.05, 4.69) is 42.3 Å². The summed E-state index contributed by atoms with van der Waals surface area (Å²) in [4.78, 5) is 42.7. The highest BCUT2D eigenvalue weighted by atomic mass is 16.2. The van der Waals surface area contributed by atoms with E-state index in [1.54, 1.807) is 24.3 Å². The highest BCUT2D eigenvalue weighted by molar-refractivity contribution is 6.21. The van der Waals surface area contributed by atoms with Gasteiger partial charge in [-0.1, -0.05) is 24.3 Å². The molecule has 0 atom stereocenters. The smallest absolute Gasteiger partial charge is 0.317 e. The molecule has 1 saturated heterocycles. The normalized spacial score (nSPS) is 16.0. The largest absolute Gasteiger partial charge is 0.368 e. The van der Waals surface area contributed by atoms with Crippen molar-refractivity contribution in [2.45, 2.75) is 20.3 Å². The predicted molar refractivity (Wildman–Crippen MR) is 120 cm³/mol. The molecule has 1 N–H and O–H groups in total. The van der Waals surface area contributed by atoms with Crippen molar-refractivity contribution < 1.29 is 14.4 Å². The van der Waals surface area contributed by atoms with Crippen LogP contribution in [0, 0.1) is 13.8 Å². The van der Waals surface area contributed by atoms with Gasteiger partial charge < -0.3 is 15.1 Å². The molecular weight excluding hydrogens is 392 g/mol. The van der Waals surface area contributed by atoms with Gasteiger partial charge in [0.25, 0.3) is 11.8 Å². The Balaban J connectivity index is 1.21. The molecule has 0 saturated carbocycles. The Hall–Kier alpha value is -3.35. The highest BCUT2D eigenvalue weighted by Gasteiger charge is 2.34. The summed E-state index contributed by atoms with van der Waals surface area (Å²) in [6.07, 6.45) is 0.527. The van der Waals surface area contributed by atoms with Gasteiger partial charge >= 0.3 is 6.03 Å². The Kier molecular flexibility index (Phi) is 5.93. The van der Waals surface area contributed by atoms with E-state index in [4.69, 9.17) is 0 Å². The molecule has 2 aliphatic heterocycles. The number of carbonyl (C=O) groups excluding carboxylic acids is 3. The van der Waals surface area contributed by atoms with Crippen molar-refractivity contribution in [3.63, 3.8) is 0 Å². The van der Waals surface area contributed by atoms with Gasteiger partial charge in [0, 0.05) is 45.0 Å². The fraction of sp³-hybridized carbons (Fsp3) is 0.375. The molecule has 7 nitrogen and oxygen atoms in total. The first-order chi connectivity index (χ1) is 15.0. The molecule has 0 bridgehead atoms. The van der Waals surface area contributed by atoms with Gasteiger partial charge in [-0.05, 0) is 49.6 Å². The molecule has 2 aliphatic rings. The van der Waals surface area contributed by atoms with Crippen LogP contribution in [0.3, 0.4) is 0 Å². The zero-order chi connectivity index (χ0) is 22.0. The average molecular weight is 421 g/mol. The lowest BCUT2D eigenvalue weighted by molar-refractivity contribution is 0.0653. The lowest BCUT2D eigenvalue weighted by Crippen LogP contribution is -2.52. The van der Waals surface area contributed by atoms with Crippen molar-refractivity contribution in [1.29, 1.82) is 0 Å². The van der Waals surface area contributed by atoms with Crippen LogP contribution in [0.5, 0.6) is 0 Å². The number of nitrogens with zero attached hydrogens (tertiary/aromatic N) is 3. The van der Waals surface area contributed by atoms with Crippen LogP contribution in [-0.4, -0.2) is 66.9 Å². The van der Waals surface area contributed by atoms with E-state index in [0.29, 0.717) is 43.7 Å². The number of amides is 4. The number of anilines is 1. The molecule has 7 heteroatoms. The summed E-state index contributed by atoms with van der Waals surface area (Å²) in [5.41, 5.74) is 4.71. The molecule has 0 unspecified atom stereocenters. The number of benzene rings is 2. The minimum atomic E-state index is -0.255. The van der Waals surface area contributed by atoms with Crippen LogP contribution < -0.4 is 10.2 Å². The van der Waals surface area contributed by atoms with E-state index in [0.717, 1.165) is 13.1 Å². The third kappa shape index (κ3) is 4.13. The van der Waals surface area contributed by atoms with E-state index in [-0.39, 0.29) is 17.8 Å². The van der Waals surface area contributed by atoms with Crippen LogP contribution in [0.25, 0.3) is 0 Å². The van der Waals surface area contributed by atoms with Gasteiger partial charge in [0.15, 0.2) is 0 Å². The van der Waals surface area contributed by atoms with E-state index in [1.807, 2.05) is 4.90 Å². The van der Waals surface area contributed by atoms with Crippen LogP contribution >= 0.6 is 0 Å². The van der Waals surface area contributed by atoms with Gasteiger partial charge in [-0.2, -0.15) is 0 Å². The second-order valence-electron chi connectivity index (χ2n) is 8.09. The zero-order valence-electron chi connectivity index (χ0n) is 18.1. The van der Waals surface area contributed by atoms with Gasteiger partial charge in [0.1, 0.15) is 0 Å². The van der Waals surface area contributed by atoms with Crippen LogP contribution in [0.1, 0.15) is 38.3 Å². The number of carbonyl (C=O) groups is 3. The average Bonchev–Trinajstić information content (AvgIpc) is 3.03. The van der Waals surface area contributed by atoms with Crippen molar-refractivity contribution in [3.05, 3.63) is 64.7 Å². The highest BCUT2D eigenvalue weighted by Crippen LogP contribution is 2.24. The third-order valence-electron chi connectivity index (χ3n) is 6.20. The Morgan fingerprint density at radius 3 is 2.19 bits per heavy atom. The van der Waals surface area contributed by atoms with Gasteiger partial charge in [-0.25, -0.2) is 4.79 Å². The van der Waals surface area contributed by atoms with Crippen molar-refractivity contribution >= 4 is 23.5 Å². The van der Waals surface area contributed by atoms with Gasteiger partial charge in [0.05, 0.1) is 11.1 Å². The molecule has 162 valence electrons. The summed E-state index contributed by atoms with van der Waals surface area (Å²) < 4.78 is 0. The van der Waals surface area contributed by atoms with Crippen LogP contribution in [-0.2, 0) is 0 Å². The first-order valence-electron chi connectivity index (χ1n) is 10.8. The van der Waals surface area contributed by atoms with Gasteiger partial charge in [-0.3, -0.25) is 14.5 Å². The number of urea groups is 1. The molecule has 4 amide bonds. The van der Waals surface area contributed by atoms with E-state index in [9.17, 15) is 14.4 Å². The molecule has 1 fully saturated rings. The maximum Gasteiger partial charge on any atom is 0.317 e. The SMILES string of the molecule is Cc1cccc(N2CCN(C(=O)NCCCN3C(=O)c4ccccc4C3=O)CC2)c1C. The molecule has 4 rings (SSSR count). The quantitative estimate of drug-likeness (QED) is 0.596. The van der Waals surface area contributed by atoms with Crippen molar-refractivity contribution in [3.8, 4) is 0 Å². The summed E-state index contributed by atoms with van der Waals surface area (Å²) in [5, 5.41) is 2.92.